The lowest BCUT2D eigenvalue weighted by Crippen LogP contribution is -2.67. The van der Waals surface area contributed by atoms with Crippen LogP contribution in [0.15, 0.2) is 50.1 Å². The molecule has 0 bridgehead atoms. The summed E-state index contributed by atoms with van der Waals surface area (Å²) in [6.07, 6.45) is 38.3. The molecule has 0 spiro atoms. The highest BCUT2D eigenvalue weighted by molar-refractivity contribution is 7.48. The molecule has 2 fully saturated rings. The van der Waals surface area contributed by atoms with Gasteiger partial charge < -0.3 is 53.6 Å². The number of hydrogen-bond acceptors (Lipinski definition) is 17. The molecule has 1 saturated heterocycles. The van der Waals surface area contributed by atoms with Crippen molar-refractivity contribution < 1.29 is 80.3 Å². The smallest absolute Gasteiger partial charge is 0.430 e. The van der Waals surface area contributed by atoms with Crippen LogP contribution < -0.4 is 10.6 Å². The van der Waals surface area contributed by atoms with Crippen LogP contribution in [0, 0.1) is 5.92 Å². The Balaban J connectivity index is 2.65. The average molecular weight is 1400 g/mol. The standard InChI is InChI=1S/C77H139N2O17P/c1-10-17-21-25-28-31-32-33-34-35-36-38-40-44-48-52-68(82)78-71-75(89-58-53-65(87-9)51-47-42-24-20-13-4)73(96-97(85,92-55-15-6)93-56-16-7)67(62-86-8)94-76(71)91-61-63-59-66(81)70(79-69(83)60-64(80)50-46-43-39-37-29-26-22-18-11-2)74(72(63)95-77(84)90-54-14-5)88-57-49-45-41-30-27-23-19-12-3/h14-16,31-32,63,65-67,70-76,81H,5-7,10-13,17-30,33-62H2,1-4,8-9H3,(H,78,82)(H,79,83)/t63?,65-,66?,67-,70+,71-,72-,73-,74-,75-,76-/m1/s1. The van der Waals surface area contributed by atoms with Crippen LogP contribution in [-0.2, 0) is 70.4 Å². The van der Waals surface area contributed by atoms with Crippen molar-refractivity contribution >= 4 is 31.6 Å². The van der Waals surface area contributed by atoms with Gasteiger partial charge in [-0.2, -0.15) is 0 Å². The number of unbranched alkanes of at least 4 members (excludes halogenated alkanes) is 30. The van der Waals surface area contributed by atoms with E-state index in [2.05, 4.69) is 70.2 Å². The number of Topliss-reactive ketones (excluding diaryl/α,β-unsaturated/α-hetero) is 1. The quantitative estimate of drug-likeness (QED) is 0.0169. The first kappa shape index (κ1) is 89.8. The van der Waals surface area contributed by atoms with Crippen LogP contribution in [0.2, 0.25) is 0 Å². The van der Waals surface area contributed by atoms with Gasteiger partial charge in [-0.25, -0.2) is 9.36 Å². The fraction of sp³-hybridized carbons (Fsp3) is 0.844. The Labute approximate surface area is 588 Å². The summed E-state index contributed by atoms with van der Waals surface area (Å²) in [6.45, 7) is 19.4. The summed E-state index contributed by atoms with van der Waals surface area (Å²) in [4.78, 5) is 55.6. The number of carbonyl (C=O) groups is 4. The van der Waals surface area contributed by atoms with E-state index in [-0.39, 0.29) is 89.7 Å². The van der Waals surface area contributed by atoms with E-state index < -0.39 is 80.8 Å². The Morgan fingerprint density at radius 2 is 1.02 bits per heavy atom. The van der Waals surface area contributed by atoms with E-state index in [4.69, 9.17) is 51.5 Å². The minimum absolute atomic E-state index is 0.0805. The van der Waals surface area contributed by atoms with Crippen LogP contribution in [0.4, 0.5) is 4.79 Å². The maximum atomic E-state index is 14.7. The molecular weight excluding hydrogens is 1260 g/mol. The molecule has 0 aromatic carbocycles. The van der Waals surface area contributed by atoms with Gasteiger partial charge >= 0.3 is 14.0 Å². The number of carbonyl (C=O) groups excluding carboxylic acids is 4. The number of nitrogens with one attached hydrogen (secondary N) is 2. The summed E-state index contributed by atoms with van der Waals surface area (Å²) < 4.78 is 83.4. The Morgan fingerprint density at radius 1 is 0.536 bits per heavy atom. The summed E-state index contributed by atoms with van der Waals surface area (Å²) in [5, 5.41) is 18.4. The predicted molar refractivity (Wildman–Crippen MR) is 387 cm³/mol. The number of hydrogen-bond donors (Lipinski definition) is 3. The summed E-state index contributed by atoms with van der Waals surface area (Å²) in [5.74, 6) is -1.93. The highest BCUT2D eigenvalue weighted by Crippen LogP contribution is 2.53. The first-order valence-electron chi connectivity index (χ1n) is 38.5. The van der Waals surface area contributed by atoms with Gasteiger partial charge in [0.05, 0.1) is 51.1 Å². The minimum Gasteiger partial charge on any atom is -0.430 e. The van der Waals surface area contributed by atoms with E-state index in [9.17, 15) is 28.8 Å². The number of ketones is 1. The highest BCUT2D eigenvalue weighted by Gasteiger charge is 2.54. The fourth-order valence-electron chi connectivity index (χ4n) is 12.7. The molecule has 1 heterocycles. The summed E-state index contributed by atoms with van der Waals surface area (Å²) >= 11 is 0. The number of aliphatic hydroxyl groups excluding tert-OH is 1. The molecule has 19 nitrogen and oxygen atoms in total. The van der Waals surface area contributed by atoms with E-state index in [1.807, 2.05) is 0 Å². The minimum atomic E-state index is -4.46. The molecule has 2 unspecified atom stereocenters. The molecule has 0 aromatic heterocycles. The zero-order chi connectivity index (χ0) is 70.8. The van der Waals surface area contributed by atoms with E-state index in [1.165, 1.54) is 96.0 Å². The van der Waals surface area contributed by atoms with Gasteiger partial charge in [0.2, 0.25) is 11.8 Å². The van der Waals surface area contributed by atoms with Gasteiger partial charge in [0.25, 0.3) is 0 Å². The molecule has 2 rings (SSSR count). The van der Waals surface area contributed by atoms with Crippen molar-refractivity contribution in [3.8, 4) is 0 Å². The molecule has 20 heteroatoms. The van der Waals surface area contributed by atoms with Gasteiger partial charge in [-0.15, -0.1) is 13.2 Å². The number of ether oxygens (including phenoxy) is 8. The summed E-state index contributed by atoms with van der Waals surface area (Å²) in [7, 11) is -1.30. The Kier molecular flexibility index (Phi) is 55.8. The van der Waals surface area contributed by atoms with Crippen molar-refractivity contribution in [2.24, 2.45) is 5.92 Å². The SMILES string of the molecule is C=CCOC(=O)O[C@@H]1C(CO[C@@H]2O[C@H](COC)[C@@H](OP(=O)(OCC=C)OCC=C)[C@H](OCC[C@@H](CCCCCCC)OC)[C@H]2NC(=O)CCCCCCCCCC=CCCCCCC)CC(O)[C@H](NC(=O)CC(=O)CCCCCCCCCCC)[C@H]1OCCCCCCCCCC. The molecule has 2 aliphatic rings. The van der Waals surface area contributed by atoms with Crippen molar-refractivity contribution in [1.29, 1.82) is 0 Å². The topological polar surface area (TPSA) is 231 Å². The van der Waals surface area contributed by atoms with Crippen molar-refractivity contribution in [1.82, 2.24) is 10.6 Å². The number of amides is 2. The molecule has 2 amide bonds. The van der Waals surface area contributed by atoms with Crippen molar-refractivity contribution in [2.45, 2.75) is 352 Å². The monoisotopic (exact) mass is 1390 g/mol. The third kappa shape index (κ3) is 42.6. The van der Waals surface area contributed by atoms with E-state index in [0.29, 0.717) is 25.7 Å². The molecular formula is C77H139N2O17P. The van der Waals surface area contributed by atoms with Crippen LogP contribution in [0.3, 0.4) is 0 Å². The van der Waals surface area contributed by atoms with Crippen LogP contribution >= 0.6 is 7.82 Å². The fourth-order valence-corrected chi connectivity index (χ4v) is 14.1. The van der Waals surface area contributed by atoms with Crippen LogP contribution in [0.25, 0.3) is 0 Å². The van der Waals surface area contributed by atoms with Gasteiger partial charge in [0.1, 0.15) is 49.0 Å². The second kappa shape index (κ2) is 60.3. The molecule has 564 valence electrons. The Morgan fingerprint density at radius 3 is 1.57 bits per heavy atom. The molecule has 97 heavy (non-hydrogen) atoms. The Bertz CT molecular complexity index is 2070. The van der Waals surface area contributed by atoms with E-state index >= 15 is 0 Å². The third-order valence-corrected chi connectivity index (χ3v) is 19.7. The molecule has 0 aromatic rings. The van der Waals surface area contributed by atoms with Crippen LogP contribution in [0.5, 0.6) is 0 Å². The predicted octanol–water partition coefficient (Wildman–Crippen LogP) is 17.9. The number of methoxy groups -OCH3 is 2. The lowest BCUT2D eigenvalue weighted by atomic mass is 9.79. The van der Waals surface area contributed by atoms with E-state index in [1.54, 1.807) is 7.11 Å². The molecule has 3 N–H and O–H groups in total. The number of allylic oxidation sites excluding steroid dienone is 2. The second-order valence-corrected chi connectivity index (χ2v) is 28.4. The lowest BCUT2D eigenvalue weighted by molar-refractivity contribution is -0.282. The summed E-state index contributed by atoms with van der Waals surface area (Å²) in [6, 6.07) is -2.26. The molecule has 1 aliphatic heterocycles. The normalized spacial score (nSPS) is 21.5. The molecule has 1 saturated carbocycles. The largest absolute Gasteiger partial charge is 0.508 e. The summed E-state index contributed by atoms with van der Waals surface area (Å²) in [5.41, 5.74) is 0. The maximum absolute atomic E-state index is 14.7. The van der Waals surface area contributed by atoms with E-state index in [0.717, 1.165) is 141 Å². The van der Waals surface area contributed by atoms with Crippen LogP contribution in [-0.4, -0.2) is 150 Å². The molecule has 0 radical (unpaired) electrons. The third-order valence-electron chi connectivity index (χ3n) is 18.3. The number of rotatable bonds is 66. The van der Waals surface area contributed by atoms with Gasteiger partial charge in [0, 0.05) is 46.2 Å². The molecule has 1 aliphatic carbocycles. The first-order valence-corrected chi connectivity index (χ1v) is 39.9. The number of aliphatic hydroxyl groups is 1. The molecule has 11 atom stereocenters. The van der Waals surface area contributed by atoms with Gasteiger partial charge in [0.15, 0.2) is 6.29 Å². The Hall–Kier alpha value is -3.33. The zero-order valence-corrected chi connectivity index (χ0v) is 62.6. The number of phosphoric ester groups is 1. The van der Waals surface area contributed by atoms with Crippen molar-refractivity contribution in [2.75, 3.05) is 60.5 Å². The van der Waals surface area contributed by atoms with Gasteiger partial charge in [-0.3, -0.25) is 28.0 Å². The van der Waals surface area contributed by atoms with Crippen LogP contribution in [0.1, 0.15) is 291 Å². The zero-order valence-electron chi connectivity index (χ0n) is 61.7. The van der Waals surface area contributed by atoms with Gasteiger partial charge in [-0.05, 0) is 64.2 Å². The second-order valence-electron chi connectivity index (χ2n) is 26.8. The van der Waals surface area contributed by atoms with Crippen molar-refractivity contribution in [3.63, 3.8) is 0 Å². The average Bonchev–Trinajstić information content (AvgIpc) is 0.788. The highest BCUT2D eigenvalue weighted by atomic mass is 31.2. The lowest BCUT2D eigenvalue weighted by Gasteiger charge is -2.48. The first-order chi connectivity index (χ1) is 47.3. The maximum Gasteiger partial charge on any atom is 0.508 e. The number of phosphoric acid groups is 1. The van der Waals surface area contributed by atoms with Gasteiger partial charge in [-0.1, -0.05) is 244 Å². The van der Waals surface area contributed by atoms with Crippen molar-refractivity contribution in [3.05, 3.63) is 50.1 Å².